The van der Waals surface area contributed by atoms with Gasteiger partial charge in [0.05, 0.1) is 6.10 Å². The number of amides is 1. The lowest BCUT2D eigenvalue weighted by Crippen LogP contribution is -2.44. The molecule has 2 aliphatic heterocycles. The average Bonchev–Trinajstić information content (AvgIpc) is 2.94. The fraction of sp³-hybridized carbons (Fsp3) is 0.857. The van der Waals surface area contributed by atoms with Crippen LogP contribution < -0.4 is 5.73 Å². The van der Waals surface area contributed by atoms with Crippen LogP contribution in [0.15, 0.2) is 0 Å². The second-order valence-corrected chi connectivity index (χ2v) is 5.76. The Bertz CT molecular complexity index is 353. The van der Waals surface area contributed by atoms with Gasteiger partial charge < -0.3 is 20.5 Å². The zero-order chi connectivity index (χ0) is 14.5. The maximum absolute atomic E-state index is 12.3. The summed E-state index contributed by atoms with van der Waals surface area (Å²) in [5, 5.41) is 8.68. The van der Waals surface area contributed by atoms with Gasteiger partial charge in [-0.2, -0.15) is 0 Å². The second-order valence-electron chi connectivity index (χ2n) is 5.76. The van der Waals surface area contributed by atoms with Crippen molar-refractivity contribution in [3.05, 3.63) is 0 Å². The minimum Gasteiger partial charge on any atom is -0.481 e. The Morgan fingerprint density at radius 3 is 2.45 bits per heavy atom. The van der Waals surface area contributed by atoms with Crippen molar-refractivity contribution in [1.82, 2.24) is 4.90 Å². The Morgan fingerprint density at radius 2 is 1.90 bits per heavy atom. The molecule has 0 aromatic carbocycles. The fourth-order valence-corrected chi connectivity index (χ4v) is 3.03. The maximum Gasteiger partial charge on any atom is 0.303 e. The van der Waals surface area contributed by atoms with Crippen molar-refractivity contribution in [2.75, 3.05) is 19.6 Å². The summed E-state index contributed by atoms with van der Waals surface area (Å²) in [5.74, 6) is -0.232. The molecule has 114 valence electrons. The van der Waals surface area contributed by atoms with E-state index in [4.69, 9.17) is 15.6 Å². The first-order chi connectivity index (χ1) is 9.60. The summed E-state index contributed by atoms with van der Waals surface area (Å²) in [6, 6.07) is 0. The minimum atomic E-state index is -0.740. The number of carboxylic acids is 1. The molecular weight excluding hydrogens is 260 g/mol. The number of rotatable bonds is 5. The number of hydrogen-bond donors (Lipinski definition) is 2. The molecule has 2 aliphatic rings. The van der Waals surface area contributed by atoms with Crippen LogP contribution in [0.3, 0.4) is 0 Å². The monoisotopic (exact) mass is 284 g/mol. The van der Waals surface area contributed by atoms with E-state index in [0.717, 1.165) is 38.8 Å². The highest BCUT2D eigenvalue weighted by Gasteiger charge is 2.34. The SMILES string of the molecule is NCC1CCC(C(=O)N2CCC(CCC(=O)O)CC2)O1. The van der Waals surface area contributed by atoms with E-state index >= 15 is 0 Å². The topological polar surface area (TPSA) is 92.9 Å². The predicted molar refractivity (Wildman–Crippen MR) is 73.1 cm³/mol. The van der Waals surface area contributed by atoms with Crippen LogP contribution >= 0.6 is 0 Å². The fourth-order valence-electron chi connectivity index (χ4n) is 3.03. The quantitative estimate of drug-likeness (QED) is 0.771. The molecule has 2 saturated heterocycles. The average molecular weight is 284 g/mol. The van der Waals surface area contributed by atoms with Crippen molar-refractivity contribution in [3.63, 3.8) is 0 Å². The van der Waals surface area contributed by atoms with E-state index in [1.807, 2.05) is 4.90 Å². The zero-order valence-corrected chi connectivity index (χ0v) is 11.8. The van der Waals surface area contributed by atoms with Crippen molar-refractivity contribution in [1.29, 1.82) is 0 Å². The molecular formula is C14H24N2O4. The predicted octanol–water partition coefficient (Wildman–Crippen LogP) is 0.596. The van der Waals surface area contributed by atoms with E-state index in [1.54, 1.807) is 0 Å². The van der Waals surface area contributed by atoms with Crippen molar-refractivity contribution >= 4 is 11.9 Å². The summed E-state index contributed by atoms with van der Waals surface area (Å²) in [4.78, 5) is 24.7. The third-order valence-corrected chi connectivity index (χ3v) is 4.34. The largest absolute Gasteiger partial charge is 0.481 e. The molecule has 0 saturated carbocycles. The highest BCUT2D eigenvalue weighted by atomic mass is 16.5. The number of ether oxygens (including phenoxy) is 1. The summed E-state index contributed by atoms with van der Waals surface area (Å²) in [6.07, 6.45) is 4.06. The Hall–Kier alpha value is -1.14. The van der Waals surface area contributed by atoms with E-state index < -0.39 is 5.97 Å². The molecule has 20 heavy (non-hydrogen) atoms. The van der Waals surface area contributed by atoms with Gasteiger partial charge in [-0.15, -0.1) is 0 Å². The number of carboxylic acid groups (broad SMARTS) is 1. The molecule has 0 aliphatic carbocycles. The standard InChI is InChI=1S/C14H24N2O4/c15-9-11-2-3-12(20-11)14(19)16-7-5-10(6-8-16)1-4-13(17)18/h10-12H,1-9,15H2,(H,17,18). The minimum absolute atomic E-state index is 0.0251. The number of nitrogens with zero attached hydrogens (tertiary/aromatic N) is 1. The highest BCUT2D eigenvalue weighted by molar-refractivity contribution is 5.81. The lowest BCUT2D eigenvalue weighted by molar-refractivity contribution is -0.144. The molecule has 0 radical (unpaired) electrons. The van der Waals surface area contributed by atoms with Crippen LogP contribution in [0, 0.1) is 5.92 Å². The van der Waals surface area contributed by atoms with Gasteiger partial charge in [-0.25, -0.2) is 0 Å². The number of piperidine rings is 1. The molecule has 0 spiro atoms. The van der Waals surface area contributed by atoms with Crippen molar-refractivity contribution < 1.29 is 19.4 Å². The first-order valence-electron chi connectivity index (χ1n) is 7.46. The molecule has 6 nitrogen and oxygen atoms in total. The van der Waals surface area contributed by atoms with Crippen LogP contribution in [0.25, 0.3) is 0 Å². The van der Waals surface area contributed by atoms with Gasteiger partial charge in [0.2, 0.25) is 0 Å². The molecule has 6 heteroatoms. The van der Waals surface area contributed by atoms with E-state index in [9.17, 15) is 9.59 Å². The molecule has 2 fully saturated rings. The number of carbonyl (C=O) groups excluding carboxylic acids is 1. The van der Waals surface area contributed by atoms with E-state index in [2.05, 4.69) is 0 Å². The number of likely N-dealkylation sites (tertiary alicyclic amines) is 1. The summed E-state index contributed by atoms with van der Waals surface area (Å²) in [7, 11) is 0. The van der Waals surface area contributed by atoms with Gasteiger partial charge in [-0.3, -0.25) is 9.59 Å². The van der Waals surface area contributed by atoms with Crippen LogP contribution in [0.5, 0.6) is 0 Å². The molecule has 2 heterocycles. The normalized spacial score (nSPS) is 27.8. The number of carbonyl (C=O) groups is 2. The van der Waals surface area contributed by atoms with Crippen molar-refractivity contribution in [2.45, 2.75) is 50.7 Å². The van der Waals surface area contributed by atoms with Crippen LogP contribution in [-0.4, -0.2) is 53.7 Å². The van der Waals surface area contributed by atoms with Gasteiger partial charge in [-0.05, 0) is 38.0 Å². The van der Waals surface area contributed by atoms with Gasteiger partial charge >= 0.3 is 5.97 Å². The smallest absolute Gasteiger partial charge is 0.303 e. The van der Waals surface area contributed by atoms with Gasteiger partial charge in [0, 0.05) is 26.1 Å². The number of nitrogens with two attached hydrogens (primary N) is 1. The molecule has 2 atom stereocenters. The Balaban J connectivity index is 1.73. The third-order valence-electron chi connectivity index (χ3n) is 4.34. The van der Waals surface area contributed by atoms with Crippen LogP contribution in [0.1, 0.15) is 38.5 Å². The summed E-state index contributed by atoms with van der Waals surface area (Å²) >= 11 is 0. The highest BCUT2D eigenvalue weighted by Crippen LogP contribution is 2.25. The summed E-state index contributed by atoms with van der Waals surface area (Å²) in [6.45, 7) is 1.91. The lowest BCUT2D eigenvalue weighted by Gasteiger charge is -2.33. The summed E-state index contributed by atoms with van der Waals surface area (Å²) < 4.78 is 5.64. The molecule has 0 aromatic rings. The zero-order valence-electron chi connectivity index (χ0n) is 11.8. The molecule has 2 unspecified atom stereocenters. The van der Waals surface area contributed by atoms with Gasteiger partial charge in [0.15, 0.2) is 0 Å². The molecule has 0 bridgehead atoms. The summed E-state index contributed by atoms with van der Waals surface area (Å²) in [5.41, 5.74) is 5.55. The number of aliphatic carboxylic acids is 1. The molecule has 0 aromatic heterocycles. The Kier molecular flexibility index (Phi) is 5.37. The van der Waals surface area contributed by atoms with Crippen LogP contribution in [0.4, 0.5) is 0 Å². The van der Waals surface area contributed by atoms with Crippen LogP contribution in [0.2, 0.25) is 0 Å². The van der Waals surface area contributed by atoms with Gasteiger partial charge in [0.1, 0.15) is 6.10 Å². The van der Waals surface area contributed by atoms with Crippen LogP contribution in [-0.2, 0) is 14.3 Å². The molecule has 2 rings (SSSR count). The Morgan fingerprint density at radius 1 is 1.20 bits per heavy atom. The number of hydrogen-bond acceptors (Lipinski definition) is 4. The third kappa shape index (κ3) is 3.93. The lowest BCUT2D eigenvalue weighted by atomic mass is 9.92. The maximum atomic E-state index is 12.3. The first-order valence-corrected chi connectivity index (χ1v) is 7.46. The second kappa shape index (κ2) is 7.04. The van der Waals surface area contributed by atoms with E-state index in [0.29, 0.717) is 18.9 Å². The molecule has 3 N–H and O–H groups in total. The van der Waals surface area contributed by atoms with Gasteiger partial charge in [-0.1, -0.05) is 0 Å². The van der Waals surface area contributed by atoms with E-state index in [-0.39, 0.29) is 24.5 Å². The van der Waals surface area contributed by atoms with Gasteiger partial charge in [0.25, 0.3) is 5.91 Å². The van der Waals surface area contributed by atoms with Crippen molar-refractivity contribution in [2.24, 2.45) is 11.7 Å². The van der Waals surface area contributed by atoms with E-state index in [1.165, 1.54) is 0 Å². The molecule has 1 amide bonds. The first kappa shape index (κ1) is 15.3. The Labute approximate surface area is 119 Å². The van der Waals surface area contributed by atoms with Crippen molar-refractivity contribution in [3.8, 4) is 0 Å².